The highest BCUT2D eigenvalue weighted by Crippen LogP contribution is 2.28. The largest absolute Gasteiger partial charge is 0.421 e. The Morgan fingerprint density at radius 2 is 1.88 bits per heavy atom. The lowest BCUT2D eigenvalue weighted by Gasteiger charge is -2.08. The number of nitrogens with one attached hydrogen (secondary N) is 1. The van der Waals surface area contributed by atoms with Crippen LogP contribution in [-0.4, -0.2) is 36.7 Å². The van der Waals surface area contributed by atoms with Crippen molar-refractivity contribution in [3.63, 3.8) is 0 Å². The summed E-state index contributed by atoms with van der Waals surface area (Å²) in [6, 6.07) is 12.4. The van der Waals surface area contributed by atoms with Gasteiger partial charge in [0.05, 0.1) is 15.6 Å². The van der Waals surface area contributed by atoms with Crippen LogP contribution in [0.4, 0.5) is 5.13 Å². The first kappa shape index (κ1) is 24.3. The Kier molecular flexibility index (Phi) is 7.45. The fourth-order valence-corrected chi connectivity index (χ4v) is 4.31. The smallest absolute Gasteiger partial charge is 0.345 e. The zero-order chi connectivity index (χ0) is 24.2. The van der Waals surface area contributed by atoms with E-state index in [1.807, 2.05) is 0 Å². The summed E-state index contributed by atoms with van der Waals surface area (Å²) in [6.45, 7) is 0. The van der Waals surface area contributed by atoms with Crippen LogP contribution in [0.2, 0.25) is 10.0 Å². The van der Waals surface area contributed by atoms with Crippen LogP contribution in [0.3, 0.4) is 0 Å². The quantitative estimate of drug-likeness (QED) is 0.168. The monoisotopic (exact) mass is 522 g/mol. The van der Waals surface area contributed by atoms with Gasteiger partial charge in [0.1, 0.15) is 17.4 Å². The summed E-state index contributed by atoms with van der Waals surface area (Å²) in [4.78, 5) is 24.7. The Hall–Kier alpha value is -3.30. The Morgan fingerprint density at radius 1 is 1.15 bits per heavy atom. The van der Waals surface area contributed by atoms with Crippen LogP contribution in [0.25, 0.3) is 6.08 Å². The lowest BCUT2D eigenvalue weighted by molar-refractivity contribution is -0.112. The summed E-state index contributed by atoms with van der Waals surface area (Å²) >= 11 is 12.8. The molecule has 0 spiro atoms. The molecule has 1 amide bonds. The number of nitrogens with zero attached hydrogens (tertiary/aromatic N) is 3. The van der Waals surface area contributed by atoms with E-state index in [9.17, 15) is 23.3 Å². The van der Waals surface area contributed by atoms with Gasteiger partial charge >= 0.3 is 5.97 Å². The van der Waals surface area contributed by atoms with Gasteiger partial charge in [-0.25, -0.2) is 13.2 Å². The minimum absolute atomic E-state index is 0.0590. The summed E-state index contributed by atoms with van der Waals surface area (Å²) in [5.41, 5.74) is 0.236. The lowest BCUT2D eigenvalue weighted by atomic mass is 10.1. The number of anilines is 1. The molecule has 0 fully saturated rings. The van der Waals surface area contributed by atoms with E-state index in [1.165, 1.54) is 30.3 Å². The van der Waals surface area contributed by atoms with E-state index >= 15 is 0 Å². The molecule has 0 aliphatic heterocycles. The van der Waals surface area contributed by atoms with Gasteiger partial charge < -0.3 is 4.74 Å². The molecule has 13 heteroatoms. The molecular formula is C20H12Cl2N4O5S2. The predicted octanol–water partition coefficient (Wildman–Crippen LogP) is 4.01. The molecule has 9 nitrogen and oxygen atoms in total. The van der Waals surface area contributed by atoms with Crippen molar-refractivity contribution in [2.75, 3.05) is 11.6 Å². The van der Waals surface area contributed by atoms with Crippen molar-refractivity contribution < 1.29 is 22.7 Å². The van der Waals surface area contributed by atoms with Crippen molar-refractivity contribution in [3.8, 4) is 11.8 Å². The third-order valence-corrected chi connectivity index (χ3v) is 7.01. The minimum Gasteiger partial charge on any atom is -0.421 e. The van der Waals surface area contributed by atoms with Gasteiger partial charge in [-0.3, -0.25) is 10.1 Å². The number of carbonyl (C=O) groups is 2. The summed E-state index contributed by atoms with van der Waals surface area (Å²) in [6.07, 6.45) is 2.21. The average Bonchev–Trinajstić information content (AvgIpc) is 3.23. The predicted molar refractivity (Wildman–Crippen MR) is 123 cm³/mol. The summed E-state index contributed by atoms with van der Waals surface area (Å²) in [7, 11) is -3.57. The number of halogens is 2. The molecule has 3 rings (SSSR count). The maximum absolute atomic E-state index is 12.4. The van der Waals surface area contributed by atoms with E-state index < -0.39 is 21.7 Å². The second-order valence-corrected chi connectivity index (χ2v) is 10.3. The molecule has 2 aromatic carbocycles. The van der Waals surface area contributed by atoms with E-state index in [0.717, 1.165) is 6.26 Å². The highest BCUT2D eigenvalue weighted by molar-refractivity contribution is 7.92. The van der Waals surface area contributed by atoms with Crippen molar-refractivity contribution in [2.24, 2.45) is 0 Å². The molecule has 1 N–H and O–H groups in total. The van der Waals surface area contributed by atoms with Crippen LogP contribution in [-0.2, 0) is 14.6 Å². The molecule has 168 valence electrons. The summed E-state index contributed by atoms with van der Waals surface area (Å²) in [5.74, 6) is -1.46. The first-order chi connectivity index (χ1) is 15.6. The maximum atomic E-state index is 12.4. The van der Waals surface area contributed by atoms with Gasteiger partial charge in [-0.05, 0) is 35.9 Å². The maximum Gasteiger partial charge on any atom is 0.345 e. The van der Waals surface area contributed by atoms with E-state index in [-0.39, 0.29) is 36.4 Å². The topological polar surface area (TPSA) is 139 Å². The normalized spacial score (nSPS) is 11.5. The number of esters is 1. The molecule has 0 bridgehead atoms. The van der Waals surface area contributed by atoms with Gasteiger partial charge in [0.15, 0.2) is 0 Å². The third-order valence-electron chi connectivity index (χ3n) is 3.87. The second kappa shape index (κ2) is 10.1. The van der Waals surface area contributed by atoms with Crippen molar-refractivity contribution in [2.45, 2.75) is 4.34 Å². The van der Waals surface area contributed by atoms with Gasteiger partial charge in [-0.15, -0.1) is 10.2 Å². The Bertz CT molecular complexity index is 1430. The van der Waals surface area contributed by atoms with Crippen molar-refractivity contribution in [3.05, 3.63) is 69.2 Å². The molecule has 0 unspecified atom stereocenters. The van der Waals surface area contributed by atoms with Gasteiger partial charge in [0.2, 0.25) is 19.3 Å². The first-order valence-corrected chi connectivity index (χ1v) is 12.3. The number of carbonyl (C=O) groups excluding carboxylic acids is 2. The van der Waals surface area contributed by atoms with E-state index in [0.29, 0.717) is 16.9 Å². The van der Waals surface area contributed by atoms with Crippen LogP contribution in [0.15, 0.2) is 52.4 Å². The lowest BCUT2D eigenvalue weighted by Crippen LogP contribution is -2.13. The number of sulfone groups is 1. The zero-order valence-electron chi connectivity index (χ0n) is 16.6. The van der Waals surface area contributed by atoms with E-state index in [1.54, 1.807) is 24.3 Å². The van der Waals surface area contributed by atoms with Crippen molar-refractivity contribution in [1.82, 2.24) is 10.2 Å². The molecule has 0 atom stereocenters. The number of aromatic nitrogens is 2. The number of benzene rings is 2. The molecule has 0 saturated heterocycles. The molecule has 3 aromatic rings. The second-order valence-electron chi connectivity index (χ2n) is 6.33. The van der Waals surface area contributed by atoms with Crippen LogP contribution in [0.1, 0.15) is 15.9 Å². The highest BCUT2D eigenvalue weighted by atomic mass is 35.5. The van der Waals surface area contributed by atoms with Gasteiger partial charge in [-0.1, -0.05) is 52.7 Å². The molecule has 1 heterocycles. The van der Waals surface area contributed by atoms with Crippen LogP contribution in [0, 0.1) is 11.3 Å². The molecule has 1 aromatic heterocycles. The molecular weight excluding hydrogens is 511 g/mol. The van der Waals surface area contributed by atoms with E-state index in [4.69, 9.17) is 27.9 Å². The number of nitriles is 1. The Labute approximate surface area is 202 Å². The average molecular weight is 523 g/mol. The number of hydrogen-bond acceptors (Lipinski definition) is 9. The van der Waals surface area contributed by atoms with Crippen LogP contribution < -0.4 is 10.1 Å². The van der Waals surface area contributed by atoms with Gasteiger partial charge in [0, 0.05) is 6.26 Å². The SMILES string of the molecule is CS(=O)(=O)c1nnc(NC(=O)/C(C#N)=C\c2ccc(OC(=O)c3ccccc3Cl)c(Cl)c2)s1. The van der Waals surface area contributed by atoms with Gasteiger partial charge in [0.25, 0.3) is 5.91 Å². The van der Waals surface area contributed by atoms with Crippen LogP contribution in [0.5, 0.6) is 5.75 Å². The number of rotatable bonds is 6. The molecule has 0 aliphatic carbocycles. The fraction of sp³-hybridized carbons (Fsp3) is 0.0500. The molecule has 0 saturated carbocycles. The molecule has 33 heavy (non-hydrogen) atoms. The van der Waals surface area contributed by atoms with E-state index in [2.05, 4.69) is 15.5 Å². The third kappa shape index (κ3) is 6.15. The zero-order valence-corrected chi connectivity index (χ0v) is 19.7. The molecule has 0 aliphatic rings. The van der Waals surface area contributed by atoms with Crippen LogP contribution >= 0.6 is 34.5 Å². The number of hydrogen-bond donors (Lipinski definition) is 1. The Balaban J connectivity index is 1.76. The minimum atomic E-state index is -3.57. The summed E-state index contributed by atoms with van der Waals surface area (Å²) < 4.78 is 27.9. The first-order valence-electron chi connectivity index (χ1n) is 8.81. The Morgan fingerprint density at radius 3 is 2.48 bits per heavy atom. The van der Waals surface area contributed by atoms with Gasteiger partial charge in [-0.2, -0.15) is 5.26 Å². The fourth-order valence-electron chi connectivity index (χ4n) is 2.36. The standard InChI is InChI=1S/C20H12Cl2N4O5S2/c1-33(29,30)20-26-25-19(32-20)24-17(27)12(10-23)8-11-6-7-16(15(22)9-11)31-18(28)13-4-2-3-5-14(13)21/h2-9H,1H3,(H,24,25,27)/b12-8-. The number of amides is 1. The highest BCUT2D eigenvalue weighted by Gasteiger charge is 2.18. The summed E-state index contributed by atoms with van der Waals surface area (Å²) in [5, 5.41) is 18.9. The van der Waals surface area contributed by atoms with Crippen molar-refractivity contribution >= 4 is 67.5 Å². The number of ether oxygens (including phenoxy) is 1. The molecule has 0 radical (unpaired) electrons. The van der Waals surface area contributed by atoms with Crippen molar-refractivity contribution in [1.29, 1.82) is 5.26 Å².